The Morgan fingerprint density at radius 2 is 1.46 bits per heavy atom. The molecule has 12 heteroatoms. The fourth-order valence-electron chi connectivity index (χ4n) is 3.13. The Balaban J connectivity index is 1.66. The molecule has 0 aromatic heterocycles. The maximum atomic E-state index is 11.6. The minimum atomic E-state index is -3.02. The highest BCUT2D eigenvalue weighted by Crippen LogP contribution is 2.23. The van der Waals surface area contributed by atoms with Gasteiger partial charge in [-0.2, -0.15) is 0 Å². The lowest BCUT2D eigenvalue weighted by molar-refractivity contribution is 0.286. The van der Waals surface area contributed by atoms with Gasteiger partial charge < -0.3 is 20.7 Å². The SMILES string of the molecule is CC1(NC(=S)NCCOC(=S)NC2(C)CCS(=O)(=O)C2)CCS(=O)(=O)C1. The second-order valence-electron chi connectivity index (χ2n) is 7.45. The van der Waals surface area contributed by atoms with Gasteiger partial charge in [0.25, 0.3) is 5.17 Å². The number of ether oxygens (including phenoxy) is 1. The van der Waals surface area contributed by atoms with Gasteiger partial charge >= 0.3 is 0 Å². The summed E-state index contributed by atoms with van der Waals surface area (Å²) in [6, 6.07) is 0. The average Bonchev–Trinajstić information content (AvgIpc) is 2.89. The Labute approximate surface area is 165 Å². The molecule has 2 atom stereocenters. The van der Waals surface area contributed by atoms with E-state index < -0.39 is 30.8 Å². The number of rotatable bonds is 5. The average molecular weight is 444 g/mol. The third-order valence-corrected chi connectivity index (χ3v) is 8.72. The van der Waals surface area contributed by atoms with Crippen molar-refractivity contribution in [3.8, 4) is 0 Å². The first-order chi connectivity index (χ1) is 11.8. The van der Waals surface area contributed by atoms with Crippen LogP contribution in [0.1, 0.15) is 26.7 Å². The van der Waals surface area contributed by atoms with Crippen LogP contribution in [0.3, 0.4) is 0 Å². The van der Waals surface area contributed by atoms with E-state index in [4.69, 9.17) is 29.2 Å². The molecule has 0 aromatic carbocycles. The molecule has 2 saturated heterocycles. The molecule has 2 aliphatic heterocycles. The van der Waals surface area contributed by atoms with Crippen LogP contribution in [0.4, 0.5) is 0 Å². The molecule has 0 saturated carbocycles. The van der Waals surface area contributed by atoms with E-state index in [0.717, 1.165) is 0 Å². The van der Waals surface area contributed by atoms with Crippen LogP contribution in [-0.2, 0) is 24.4 Å². The maximum absolute atomic E-state index is 11.6. The zero-order valence-electron chi connectivity index (χ0n) is 14.8. The lowest BCUT2D eigenvalue weighted by atomic mass is 10.0. The van der Waals surface area contributed by atoms with Gasteiger partial charge in [-0.3, -0.25) is 0 Å². The number of thiocarbonyl (C=S) groups is 2. The van der Waals surface area contributed by atoms with Crippen LogP contribution in [0.25, 0.3) is 0 Å². The summed E-state index contributed by atoms with van der Waals surface area (Å²) < 4.78 is 51.7. The first-order valence-corrected chi connectivity index (χ1v) is 12.7. The summed E-state index contributed by atoms with van der Waals surface area (Å²) >= 11 is 10.3. The van der Waals surface area contributed by atoms with Crippen LogP contribution < -0.4 is 16.0 Å². The van der Waals surface area contributed by atoms with Gasteiger partial charge in [0.05, 0.1) is 40.6 Å². The molecule has 0 aliphatic carbocycles. The van der Waals surface area contributed by atoms with Crippen molar-refractivity contribution >= 4 is 54.4 Å². The summed E-state index contributed by atoms with van der Waals surface area (Å²) in [5.74, 6) is 0.414. The molecule has 0 aromatic rings. The fraction of sp³-hybridized carbons (Fsp3) is 0.857. The van der Waals surface area contributed by atoms with E-state index in [2.05, 4.69) is 16.0 Å². The first-order valence-electron chi connectivity index (χ1n) is 8.24. The maximum Gasteiger partial charge on any atom is 0.257 e. The molecule has 2 unspecified atom stereocenters. The molecule has 3 N–H and O–H groups in total. The lowest BCUT2D eigenvalue weighted by Gasteiger charge is -2.26. The highest BCUT2D eigenvalue weighted by atomic mass is 32.2. The summed E-state index contributed by atoms with van der Waals surface area (Å²) in [4.78, 5) is 0. The van der Waals surface area contributed by atoms with E-state index >= 15 is 0 Å². The zero-order chi connectivity index (χ0) is 19.6. The summed E-state index contributed by atoms with van der Waals surface area (Å²) in [7, 11) is -6.02. The van der Waals surface area contributed by atoms with Crippen molar-refractivity contribution in [3.63, 3.8) is 0 Å². The molecule has 150 valence electrons. The predicted molar refractivity (Wildman–Crippen MR) is 109 cm³/mol. The smallest absolute Gasteiger partial charge is 0.257 e. The summed E-state index contributed by atoms with van der Waals surface area (Å²) in [5, 5.41) is 9.47. The molecule has 26 heavy (non-hydrogen) atoms. The normalized spacial score (nSPS) is 31.9. The van der Waals surface area contributed by atoms with Crippen LogP contribution in [0.5, 0.6) is 0 Å². The second-order valence-corrected chi connectivity index (χ2v) is 12.6. The van der Waals surface area contributed by atoms with E-state index in [0.29, 0.717) is 24.5 Å². The molecular formula is C14H25N3O5S4. The van der Waals surface area contributed by atoms with E-state index in [1.165, 1.54) is 0 Å². The number of nitrogens with one attached hydrogen (secondary N) is 3. The minimum Gasteiger partial charge on any atom is -0.469 e. The second kappa shape index (κ2) is 7.72. The monoisotopic (exact) mass is 443 g/mol. The van der Waals surface area contributed by atoms with Crippen LogP contribution in [-0.4, -0.2) is 74.4 Å². The first kappa shape index (κ1) is 21.6. The van der Waals surface area contributed by atoms with Crippen molar-refractivity contribution in [2.24, 2.45) is 0 Å². The highest BCUT2D eigenvalue weighted by molar-refractivity contribution is 7.92. The van der Waals surface area contributed by atoms with Crippen LogP contribution in [0.15, 0.2) is 0 Å². The van der Waals surface area contributed by atoms with Crippen molar-refractivity contribution in [2.75, 3.05) is 36.2 Å². The molecule has 2 aliphatic rings. The van der Waals surface area contributed by atoms with Crippen molar-refractivity contribution in [3.05, 3.63) is 0 Å². The molecule has 0 radical (unpaired) electrons. The Bertz CT molecular complexity index is 716. The van der Waals surface area contributed by atoms with Crippen LogP contribution in [0, 0.1) is 0 Å². The molecule has 0 amide bonds. The molecule has 8 nitrogen and oxygen atoms in total. The minimum absolute atomic E-state index is 0.0389. The molecular weight excluding hydrogens is 418 g/mol. The van der Waals surface area contributed by atoms with Gasteiger partial charge in [-0.1, -0.05) is 0 Å². The molecule has 0 spiro atoms. The predicted octanol–water partition coefficient (Wildman–Crippen LogP) is -0.504. The molecule has 2 fully saturated rings. The standard InChI is InChI=1S/C14H25N3O5S4/c1-13(3-7-25(18,19)9-13)16-11(23)15-5-6-22-12(24)17-14(2)4-8-26(20,21)10-14/h3-10H2,1-2H3,(H,17,24)(H2,15,16,23). The van der Waals surface area contributed by atoms with Crippen molar-refractivity contribution < 1.29 is 21.6 Å². The van der Waals surface area contributed by atoms with Crippen LogP contribution >= 0.6 is 24.4 Å². The van der Waals surface area contributed by atoms with E-state index in [-0.39, 0.29) is 34.8 Å². The van der Waals surface area contributed by atoms with Crippen molar-refractivity contribution in [2.45, 2.75) is 37.8 Å². The third kappa shape index (κ3) is 6.46. The number of hydrogen-bond donors (Lipinski definition) is 3. The fourth-order valence-corrected chi connectivity index (χ4v) is 7.99. The van der Waals surface area contributed by atoms with Gasteiger partial charge in [0.2, 0.25) is 0 Å². The summed E-state index contributed by atoms with van der Waals surface area (Å²) in [6.07, 6.45) is 1.01. The van der Waals surface area contributed by atoms with Gasteiger partial charge in [-0.25, -0.2) is 16.8 Å². The van der Waals surface area contributed by atoms with E-state index in [1.807, 2.05) is 6.92 Å². The quantitative estimate of drug-likeness (QED) is 0.379. The van der Waals surface area contributed by atoms with E-state index in [1.54, 1.807) is 6.92 Å². The number of hydrogen-bond acceptors (Lipinski definition) is 7. The lowest BCUT2D eigenvalue weighted by Crippen LogP contribution is -2.51. The Kier molecular flexibility index (Phi) is 6.41. The van der Waals surface area contributed by atoms with Gasteiger partial charge in [0.1, 0.15) is 6.61 Å². The van der Waals surface area contributed by atoms with Crippen LogP contribution in [0.2, 0.25) is 0 Å². The van der Waals surface area contributed by atoms with Gasteiger partial charge in [0, 0.05) is 0 Å². The van der Waals surface area contributed by atoms with Crippen molar-refractivity contribution in [1.82, 2.24) is 16.0 Å². The topological polar surface area (TPSA) is 114 Å². The van der Waals surface area contributed by atoms with Gasteiger partial charge in [-0.05, 0) is 51.1 Å². The summed E-state index contributed by atoms with van der Waals surface area (Å²) in [6.45, 7) is 4.26. The Hall–Kier alpha value is -0.720. The van der Waals surface area contributed by atoms with E-state index in [9.17, 15) is 16.8 Å². The highest BCUT2D eigenvalue weighted by Gasteiger charge is 2.39. The number of sulfone groups is 2. The Morgan fingerprint density at radius 3 is 1.92 bits per heavy atom. The van der Waals surface area contributed by atoms with Crippen molar-refractivity contribution in [1.29, 1.82) is 0 Å². The molecule has 2 heterocycles. The molecule has 0 bridgehead atoms. The summed E-state index contributed by atoms with van der Waals surface area (Å²) in [5.41, 5.74) is -1.15. The van der Waals surface area contributed by atoms with Gasteiger partial charge in [-0.15, -0.1) is 0 Å². The Morgan fingerprint density at radius 1 is 0.962 bits per heavy atom. The zero-order valence-corrected chi connectivity index (χ0v) is 18.1. The largest absolute Gasteiger partial charge is 0.469 e. The van der Waals surface area contributed by atoms with Gasteiger partial charge in [0.15, 0.2) is 24.8 Å². The molecule has 2 rings (SSSR count). The third-order valence-electron chi connectivity index (χ3n) is 4.45.